The molecule has 2 heterocycles. The zero-order valence-corrected chi connectivity index (χ0v) is 23.5. The molecule has 1 fully saturated rings. The molecule has 13 heteroatoms. The van der Waals surface area contributed by atoms with Crippen LogP contribution in [0.25, 0.3) is 0 Å². The molecule has 3 aromatic rings. The van der Waals surface area contributed by atoms with Crippen LogP contribution in [0.1, 0.15) is 30.6 Å². The largest absolute Gasteiger partial charge is 0.495 e. The third kappa shape index (κ3) is 6.52. The first-order valence-electron chi connectivity index (χ1n) is 12.4. The summed E-state index contributed by atoms with van der Waals surface area (Å²) in [6.07, 6.45) is 0.448. The van der Waals surface area contributed by atoms with E-state index in [9.17, 15) is 13.2 Å². The fraction of sp³-hybridized carbons (Fsp3) is 0.346. The number of nitrogens with two attached hydrogens (primary N) is 1. The van der Waals surface area contributed by atoms with E-state index >= 15 is 0 Å². The minimum atomic E-state index is -3.52. The highest BCUT2D eigenvalue weighted by atomic mass is 35.5. The quantitative estimate of drug-likeness (QED) is 0.338. The Hall–Kier alpha value is -3.61. The van der Waals surface area contributed by atoms with E-state index in [1.165, 1.54) is 13.2 Å². The third-order valence-corrected chi connectivity index (χ3v) is 8.39. The highest BCUT2D eigenvalue weighted by molar-refractivity contribution is 7.91. The first kappa shape index (κ1) is 28.4. The zero-order valence-electron chi connectivity index (χ0n) is 21.9. The van der Waals surface area contributed by atoms with E-state index < -0.39 is 9.84 Å². The average molecular weight is 575 g/mol. The number of anilines is 5. The van der Waals surface area contributed by atoms with Gasteiger partial charge in [0.2, 0.25) is 5.95 Å². The van der Waals surface area contributed by atoms with Crippen molar-refractivity contribution in [1.82, 2.24) is 14.9 Å². The molecule has 0 bridgehead atoms. The fourth-order valence-corrected chi connectivity index (χ4v) is 5.81. The molecule has 0 saturated carbocycles. The maximum atomic E-state index is 13.0. The molecule has 0 radical (unpaired) electrons. The lowest BCUT2D eigenvalue weighted by Crippen LogP contribution is -2.44. The second-order valence-corrected chi connectivity index (χ2v) is 11.5. The number of hydrogen-bond acceptors (Lipinski definition) is 10. The van der Waals surface area contributed by atoms with Crippen molar-refractivity contribution >= 4 is 56.3 Å². The molecule has 0 spiro atoms. The standard InChI is InChI=1S/C26H31ClN6O5S/c1-4-13-39(35,36)21-8-6-5-7-19(21)29-24-22(27)23(28)31-26(32-24)30-18-10-9-17(14-20(18)37-3)25(34)33-11-12-38-16(2)15-33/h5-10,14,16H,4,11-13,15H2,1-3H3,(H4,28,29,30,31,32). The maximum Gasteiger partial charge on any atom is 0.254 e. The molecule has 39 heavy (non-hydrogen) atoms. The Balaban J connectivity index is 1.61. The van der Waals surface area contributed by atoms with Crippen molar-refractivity contribution in [3.8, 4) is 5.75 Å². The Morgan fingerprint density at radius 1 is 1.21 bits per heavy atom. The number of aromatic nitrogens is 2. The Morgan fingerprint density at radius 2 is 1.97 bits per heavy atom. The normalized spacial score (nSPS) is 15.6. The van der Waals surface area contributed by atoms with Gasteiger partial charge in [-0.2, -0.15) is 9.97 Å². The first-order valence-corrected chi connectivity index (χ1v) is 14.4. The van der Waals surface area contributed by atoms with Crippen LogP contribution in [0.15, 0.2) is 47.4 Å². The van der Waals surface area contributed by atoms with Crippen LogP contribution in [0.2, 0.25) is 5.02 Å². The van der Waals surface area contributed by atoms with E-state index in [0.29, 0.717) is 48.8 Å². The topological polar surface area (TPSA) is 149 Å². The molecule has 4 N–H and O–H groups in total. The molecule has 1 unspecified atom stereocenters. The molecule has 1 atom stereocenters. The van der Waals surface area contributed by atoms with E-state index in [2.05, 4.69) is 20.6 Å². The number of carbonyl (C=O) groups is 1. The van der Waals surface area contributed by atoms with Crippen LogP contribution < -0.4 is 21.1 Å². The second-order valence-electron chi connectivity index (χ2n) is 9.01. The SMILES string of the molecule is CCCS(=O)(=O)c1ccccc1Nc1nc(Nc2ccc(C(=O)N3CCOC(C)C3)cc2OC)nc(N)c1Cl. The summed E-state index contributed by atoms with van der Waals surface area (Å²) in [5.74, 6) is 0.472. The summed E-state index contributed by atoms with van der Waals surface area (Å²) >= 11 is 6.38. The molecular weight excluding hydrogens is 544 g/mol. The minimum absolute atomic E-state index is 0.000992. The molecule has 2 aromatic carbocycles. The predicted molar refractivity (Wildman–Crippen MR) is 151 cm³/mol. The van der Waals surface area contributed by atoms with E-state index in [-0.39, 0.29) is 45.3 Å². The van der Waals surface area contributed by atoms with Crippen molar-refractivity contribution in [2.45, 2.75) is 31.3 Å². The Morgan fingerprint density at radius 3 is 2.69 bits per heavy atom. The number of ether oxygens (including phenoxy) is 2. The molecule has 4 rings (SSSR count). The van der Waals surface area contributed by atoms with Crippen molar-refractivity contribution in [1.29, 1.82) is 0 Å². The van der Waals surface area contributed by atoms with Crippen molar-refractivity contribution in [2.75, 3.05) is 48.9 Å². The molecular formula is C26H31ClN6O5S. The van der Waals surface area contributed by atoms with Gasteiger partial charge in [0.1, 0.15) is 16.6 Å². The van der Waals surface area contributed by atoms with Gasteiger partial charge in [0, 0.05) is 18.7 Å². The summed E-state index contributed by atoms with van der Waals surface area (Å²) in [4.78, 5) is 23.5. The Labute approximate surface area is 232 Å². The monoisotopic (exact) mass is 574 g/mol. The van der Waals surface area contributed by atoms with Crippen LogP contribution >= 0.6 is 11.6 Å². The van der Waals surface area contributed by atoms with Gasteiger partial charge in [-0.1, -0.05) is 30.7 Å². The number of nitrogens with zero attached hydrogens (tertiary/aromatic N) is 3. The van der Waals surface area contributed by atoms with Gasteiger partial charge in [0.15, 0.2) is 15.7 Å². The highest BCUT2D eigenvalue weighted by Gasteiger charge is 2.24. The van der Waals surface area contributed by atoms with Gasteiger partial charge in [-0.25, -0.2) is 8.42 Å². The van der Waals surface area contributed by atoms with Crippen molar-refractivity contribution in [3.05, 3.63) is 53.1 Å². The van der Waals surface area contributed by atoms with Crippen LogP contribution in [-0.4, -0.2) is 67.9 Å². The van der Waals surface area contributed by atoms with E-state index in [1.807, 2.05) is 6.92 Å². The molecule has 208 valence electrons. The number of carbonyl (C=O) groups excluding carboxylic acids is 1. The summed E-state index contributed by atoms with van der Waals surface area (Å²) < 4.78 is 36.6. The van der Waals surface area contributed by atoms with Crippen LogP contribution in [0.3, 0.4) is 0 Å². The summed E-state index contributed by atoms with van der Waals surface area (Å²) in [5, 5.41) is 6.08. The van der Waals surface area contributed by atoms with Crippen molar-refractivity contribution < 1.29 is 22.7 Å². The summed E-state index contributed by atoms with van der Waals surface area (Å²) in [5.41, 5.74) is 7.33. The molecule has 1 saturated heterocycles. The lowest BCUT2D eigenvalue weighted by molar-refractivity contribution is -0.0124. The second kappa shape index (κ2) is 12.1. The molecule has 1 aliphatic rings. The number of methoxy groups -OCH3 is 1. The summed E-state index contributed by atoms with van der Waals surface area (Å²) in [7, 11) is -2.04. The van der Waals surface area contributed by atoms with Gasteiger partial charge in [0.25, 0.3) is 5.91 Å². The molecule has 11 nitrogen and oxygen atoms in total. The number of halogens is 1. The van der Waals surface area contributed by atoms with Crippen molar-refractivity contribution in [3.63, 3.8) is 0 Å². The van der Waals surface area contributed by atoms with Crippen LogP contribution in [0.5, 0.6) is 5.75 Å². The van der Waals surface area contributed by atoms with Crippen LogP contribution in [0.4, 0.5) is 29.0 Å². The van der Waals surface area contributed by atoms with Gasteiger partial charge < -0.3 is 30.7 Å². The molecule has 1 amide bonds. The number of amides is 1. The van der Waals surface area contributed by atoms with Gasteiger partial charge in [0.05, 0.1) is 41.8 Å². The Kier molecular flexibility index (Phi) is 8.78. The smallest absolute Gasteiger partial charge is 0.254 e. The number of rotatable bonds is 9. The highest BCUT2D eigenvalue weighted by Crippen LogP contribution is 2.34. The lowest BCUT2D eigenvalue weighted by Gasteiger charge is -2.31. The predicted octanol–water partition coefficient (Wildman–Crippen LogP) is 4.25. The number of hydrogen-bond donors (Lipinski definition) is 3. The first-order chi connectivity index (χ1) is 18.6. The van der Waals surface area contributed by atoms with E-state index in [4.69, 9.17) is 26.8 Å². The molecule has 1 aliphatic heterocycles. The van der Waals surface area contributed by atoms with E-state index in [0.717, 1.165) is 0 Å². The summed E-state index contributed by atoms with van der Waals surface area (Å²) in [6, 6.07) is 11.5. The van der Waals surface area contributed by atoms with Gasteiger partial charge in [-0.05, 0) is 43.7 Å². The number of sulfone groups is 1. The number of benzene rings is 2. The van der Waals surface area contributed by atoms with Gasteiger partial charge in [-0.3, -0.25) is 4.79 Å². The van der Waals surface area contributed by atoms with Gasteiger partial charge >= 0.3 is 0 Å². The Bertz CT molecular complexity index is 1470. The lowest BCUT2D eigenvalue weighted by atomic mass is 10.1. The number of nitrogens with one attached hydrogen (secondary N) is 2. The zero-order chi connectivity index (χ0) is 28.2. The van der Waals surface area contributed by atoms with Gasteiger partial charge in [-0.15, -0.1) is 0 Å². The average Bonchev–Trinajstić information content (AvgIpc) is 2.91. The van der Waals surface area contributed by atoms with Crippen LogP contribution in [-0.2, 0) is 14.6 Å². The molecule has 1 aromatic heterocycles. The molecule has 0 aliphatic carbocycles. The number of nitrogen functional groups attached to an aromatic ring is 1. The number of morpholine rings is 1. The van der Waals surface area contributed by atoms with Crippen LogP contribution in [0, 0.1) is 0 Å². The van der Waals surface area contributed by atoms with Crippen molar-refractivity contribution in [2.24, 2.45) is 0 Å². The number of para-hydroxylation sites is 1. The fourth-order valence-electron chi connectivity index (χ4n) is 4.18. The van der Waals surface area contributed by atoms with E-state index in [1.54, 1.807) is 48.2 Å². The third-order valence-electron chi connectivity index (χ3n) is 6.05. The summed E-state index contributed by atoms with van der Waals surface area (Å²) in [6.45, 7) is 5.24. The maximum absolute atomic E-state index is 13.0. The minimum Gasteiger partial charge on any atom is -0.495 e.